The maximum absolute atomic E-state index is 12.9. The quantitative estimate of drug-likeness (QED) is 0.185. The van der Waals surface area contributed by atoms with Crippen molar-refractivity contribution in [1.82, 2.24) is 9.55 Å². The average Bonchev–Trinajstić information content (AvgIpc) is 2.98. The van der Waals surface area contributed by atoms with Crippen LogP contribution in [-0.2, 0) is 10.0 Å². The SMILES string of the molecule is Cc1ccc(S(=O)(=O)Nc2nc(=O)n3c(C)c(C)sc(SCCCCI)c2-3)cc1. The number of fused-ring (bicyclic) bond motifs is 1. The smallest absolute Gasteiger partial charge is 0.261 e. The maximum atomic E-state index is 12.9. The van der Waals surface area contributed by atoms with Crippen molar-refractivity contribution < 1.29 is 8.42 Å². The number of thioether (sulfide) groups is 1. The minimum atomic E-state index is -3.85. The van der Waals surface area contributed by atoms with E-state index in [4.69, 9.17) is 0 Å². The van der Waals surface area contributed by atoms with E-state index < -0.39 is 15.7 Å². The fraction of sp³-hybridized carbons (Fsp3) is 0.368. The van der Waals surface area contributed by atoms with E-state index in [-0.39, 0.29) is 10.7 Å². The number of aryl methyl sites for hydroxylation is 2. The van der Waals surface area contributed by atoms with Gasteiger partial charge in [0.05, 0.1) is 9.10 Å². The van der Waals surface area contributed by atoms with Crippen molar-refractivity contribution in [3.63, 3.8) is 0 Å². The van der Waals surface area contributed by atoms with E-state index in [1.54, 1.807) is 47.4 Å². The van der Waals surface area contributed by atoms with Gasteiger partial charge in [-0.2, -0.15) is 4.98 Å². The third kappa shape index (κ3) is 4.97. The lowest BCUT2D eigenvalue weighted by Gasteiger charge is -2.16. The van der Waals surface area contributed by atoms with Gasteiger partial charge >= 0.3 is 5.69 Å². The molecule has 0 bridgehead atoms. The predicted octanol–water partition coefficient (Wildman–Crippen LogP) is 4.77. The molecule has 0 saturated carbocycles. The van der Waals surface area contributed by atoms with Crippen molar-refractivity contribution in [3.8, 4) is 5.69 Å². The normalized spacial score (nSPS) is 11.9. The summed E-state index contributed by atoms with van der Waals surface area (Å²) in [6.07, 6.45) is 2.18. The second kappa shape index (κ2) is 9.36. The van der Waals surface area contributed by atoms with Crippen LogP contribution in [-0.4, -0.2) is 28.1 Å². The standard InChI is InChI=1S/C19H22IN3O3S3/c1-12-6-8-15(9-7-12)29(25,26)22-17-16-18(27-11-5-4-10-20)28-14(3)13(2)23(16)19(24)21-17/h6-9H,4-5,10-11H2,1-3H3,(H,21,22,24). The Labute approximate surface area is 192 Å². The summed E-state index contributed by atoms with van der Waals surface area (Å²) >= 11 is 5.57. The molecule has 0 unspecified atom stereocenters. The molecule has 2 aliphatic rings. The lowest BCUT2D eigenvalue weighted by atomic mass is 10.2. The first-order valence-corrected chi connectivity index (χ1v) is 13.9. The van der Waals surface area contributed by atoms with Gasteiger partial charge in [-0.3, -0.25) is 9.29 Å². The van der Waals surface area contributed by atoms with Crippen molar-refractivity contribution in [3.05, 3.63) is 50.9 Å². The molecule has 2 aliphatic heterocycles. The average molecular weight is 564 g/mol. The molecular formula is C19H22IN3O3S3. The lowest BCUT2D eigenvalue weighted by Crippen LogP contribution is -2.17. The van der Waals surface area contributed by atoms with Crippen LogP contribution in [0.4, 0.5) is 5.82 Å². The molecule has 10 heteroatoms. The number of halogens is 1. The molecule has 29 heavy (non-hydrogen) atoms. The van der Waals surface area contributed by atoms with E-state index in [0.29, 0.717) is 5.69 Å². The van der Waals surface area contributed by atoms with Gasteiger partial charge in [-0.15, -0.1) is 23.1 Å². The van der Waals surface area contributed by atoms with Gasteiger partial charge in [-0.1, -0.05) is 40.3 Å². The van der Waals surface area contributed by atoms with Crippen LogP contribution in [0.3, 0.4) is 0 Å². The number of unbranched alkanes of at least 4 members (excludes halogenated alkanes) is 1. The largest absolute Gasteiger partial charge is 0.354 e. The van der Waals surface area contributed by atoms with Crippen LogP contribution in [0.25, 0.3) is 5.69 Å². The Hall–Kier alpha value is -1.11. The summed E-state index contributed by atoms with van der Waals surface area (Å²) < 4.78 is 31.8. The van der Waals surface area contributed by atoms with Crippen LogP contribution in [0.15, 0.2) is 38.2 Å². The lowest BCUT2D eigenvalue weighted by molar-refractivity contribution is 0.601. The van der Waals surface area contributed by atoms with Crippen molar-refractivity contribution in [2.75, 3.05) is 14.9 Å². The van der Waals surface area contributed by atoms with Gasteiger partial charge in [-0.25, -0.2) is 13.2 Å². The molecule has 3 rings (SSSR count). The zero-order valence-electron chi connectivity index (χ0n) is 16.4. The fourth-order valence-electron chi connectivity index (χ4n) is 2.75. The molecule has 0 fully saturated rings. The first-order chi connectivity index (χ1) is 13.7. The van der Waals surface area contributed by atoms with Crippen molar-refractivity contribution in [2.24, 2.45) is 0 Å². The van der Waals surface area contributed by atoms with Gasteiger partial charge in [0.15, 0.2) is 5.82 Å². The summed E-state index contributed by atoms with van der Waals surface area (Å²) in [6, 6.07) is 6.57. The summed E-state index contributed by atoms with van der Waals surface area (Å²) in [7, 11) is -3.85. The molecule has 1 aromatic rings. The summed E-state index contributed by atoms with van der Waals surface area (Å²) in [5.41, 5.74) is 1.82. The van der Waals surface area contributed by atoms with Crippen molar-refractivity contribution >= 4 is 61.5 Å². The summed E-state index contributed by atoms with van der Waals surface area (Å²) in [5.74, 6) is 0.993. The Morgan fingerprint density at radius 1 is 1.17 bits per heavy atom. The zero-order chi connectivity index (χ0) is 21.2. The second-order valence-corrected chi connectivity index (χ2v) is 12.0. The second-order valence-electron chi connectivity index (χ2n) is 6.62. The molecule has 0 spiro atoms. The summed E-state index contributed by atoms with van der Waals surface area (Å²) in [5, 5.41) is 0. The van der Waals surface area contributed by atoms with Crippen molar-refractivity contribution in [2.45, 2.75) is 42.7 Å². The maximum Gasteiger partial charge on any atom is 0.354 e. The van der Waals surface area contributed by atoms with Gasteiger partial charge in [0, 0.05) is 10.6 Å². The van der Waals surface area contributed by atoms with Gasteiger partial charge in [-0.05, 0) is 55.9 Å². The number of hydrogen-bond acceptors (Lipinski definition) is 6. The molecule has 1 N–H and O–H groups in total. The van der Waals surface area contributed by atoms with Crippen molar-refractivity contribution in [1.29, 1.82) is 0 Å². The zero-order valence-corrected chi connectivity index (χ0v) is 21.0. The number of nitrogens with zero attached hydrogens (tertiary/aromatic N) is 2. The first-order valence-electron chi connectivity index (χ1n) is 9.05. The third-order valence-corrected chi connectivity index (χ3v) is 9.10. The topological polar surface area (TPSA) is 81.1 Å². The molecule has 0 saturated heterocycles. The Morgan fingerprint density at radius 3 is 2.52 bits per heavy atom. The van der Waals surface area contributed by atoms with Crippen LogP contribution in [0, 0.1) is 20.8 Å². The number of imidazole rings is 1. The molecule has 0 aliphatic carbocycles. The Kier molecular flexibility index (Phi) is 7.28. The monoisotopic (exact) mass is 563 g/mol. The summed E-state index contributed by atoms with van der Waals surface area (Å²) in [4.78, 5) is 17.8. The highest BCUT2D eigenvalue weighted by atomic mass is 127. The Balaban J connectivity index is 2.04. The number of anilines is 1. The van der Waals surface area contributed by atoms with E-state index >= 15 is 0 Å². The Morgan fingerprint density at radius 2 is 1.86 bits per heavy atom. The van der Waals surface area contributed by atoms with Gasteiger partial charge in [0.25, 0.3) is 10.0 Å². The van der Waals surface area contributed by atoms with Crippen LogP contribution >= 0.6 is 45.7 Å². The van der Waals surface area contributed by atoms with Gasteiger partial charge in [0.1, 0.15) is 5.69 Å². The number of rotatable bonds is 8. The van der Waals surface area contributed by atoms with E-state index in [1.165, 1.54) is 4.57 Å². The van der Waals surface area contributed by atoms with Crippen LogP contribution < -0.4 is 10.4 Å². The number of hydrogen-bond donors (Lipinski definition) is 1. The number of aromatic nitrogens is 2. The van der Waals surface area contributed by atoms with E-state index in [2.05, 4.69) is 32.3 Å². The number of alkyl halides is 1. The molecule has 2 heterocycles. The van der Waals surface area contributed by atoms with Gasteiger partial charge < -0.3 is 0 Å². The fourth-order valence-corrected chi connectivity index (χ4v) is 6.82. The summed E-state index contributed by atoms with van der Waals surface area (Å²) in [6.45, 7) is 5.71. The number of benzene rings is 1. The number of sulfonamides is 1. The molecule has 0 aromatic heterocycles. The molecular weight excluding hydrogens is 541 g/mol. The van der Waals surface area contributed by atoms with Crippen LogP contribution in [0.2, 0.25) is 0 Å². The van der Waals surface area contributed by atoms with E-state index in [0.717, 1.165) is 43.4 Å². The van der Waals surface area contributed by atoms with Crippen LogP contribution in [0.5, 0.6) is 0 Å². The molecule has 0 amide bonds. The first kappa shape index (κ1) is 22.6. The Bertz CT molecular complexity index is 1140. The van der Waals surface area contributed by atoms with Gasteiger partial charge in [0.2, 0.25) is 0 Å². The molecule has 6 nitrogen and oxygen atoms in total. The molecule has 156 valence electrons. The minimum absolute atomic E-state index is 0.0892. The third-order valence-electron chi connectivity index (χ3n) is 4.45. The number of nitrogens with one attached hydrogen (secondary N) is 1. The molecule has 0 radical (unpaired) electrons. The molecule has 0 atom stereocenters. The highest BCUT2D eigenvalue weighted by molar-refractivity contribution is 14.1. The van der Waals surface area contributed by atoms with E-state index in [9.17, 15) is 13.2 Å². The minimum Gasteiger partial charge on any atom is -0.261 e. The predicted molar refractivity (Wildman–Crippen MR) is 129 cm³/mol. The highest BCUT2D eigenvalue weighted by Crippen LogP contribution is 2.38. The van der Waals surface area contributed by atoms with E-state index in [1.807, 2.05) is 20.8 Å². The van der Waals surface area contributed by atoms with Crippen LogP contribution in [0.1, 0.15) is 29.0 Å². The highest BCUT2D eigenvalue weighted by Gasteiger charge is 2.26. The molecule has 1 aromatic carbocycles.